The van der Waals surface area contributed by atoms with Crippen LogP contribution in [0.3, 0.4) is 0 Å². The number of pyridine rings is 1. The number of nitrogens with zero attached hydrogens (tertiary/aromatic N) is 4. The third-order valence-corrected chi connectivity index (χ3v) is 12.0. The van der Waals surface area contributed by atoms with Gasteiger partial charge in [-0.1, -0.05) is 106 Å². The van der Waals surface area contributed by atoms with Crippen molar-refractivity contribution in [3.8, 4) is 23.0 Å². The average Bonchev–Trinajstić information content (AvgIpc) is 3.61. The van der Waals surface area contributed by atoms with E-state index in [2.05, 4.69) is 171 Å². The van der Waals surface area contributed by atoms with Crippen LogP contribution in [-0.4, -0.2) is 19.3 Å². The number of benzene rings is 3. The molecule has 3 heterocycles. The van der Waals surface area contributed by atoms with E-state index in [0.717, 1.165) is 59.0 Å². The van der Waals surface area contributed by atoms with Gasteiger partial charge in [-0.25, -0.2) is 9.67 Å². The molecule has 1 aliphatic rings. The van der Waals surface area contributed by atoms with Gasteiger partial charge in [0.1, 0.15) is 17.3 Å². The Labute approximate surface area is 329 Å². The van der Waals surface area contributed by atoms with Gasteiger partial charge in [-0.3, -0.25) is 4.57 Å². The molecule has 288 valence electrons. The molecule has 5 heteroatoms. The van der Waals surface area contributed by atoms with Gasteiger partial charge in [0.2, 0.25) is 0 Å². The van der Waals surface area contributed by atoms with Crippen molar-refractivity contribution < 1.29 is 4.74 Å². The Balaban J connectivity index is 1.33. The monoisotopic (exact) mass is 734 g/mol. The third-order valence-electron chi connectivity index (χ3n) is 12.0. The van der Waals surface area contributed by atoms with Gasteiger partial charge in [0, 0.05) is 46.3 Å². The van der Waals surface area contributed by atoms with E-state index < -0.39 is 0 Å². The first-order chi connectivity index (χ1) is 26.0. The summed E-state index contributed by atoms with van der Waals surface area (Å²) in [5, 5.41) is 7.71. The van der Waals surface area contributed by atoms with Crippen molar-refractivity contribution in [2.75, 3.05) is 0 Å². The minimum atomic E-state index is -0.0965. The van der Waals surface area contributed by atoms with Crippen molar-refractivity contribution in [2.24, 2.45) is 16.7 Å². The molecule has 55 heavy (non-hydrogen) atoms. The predicted octanol–water partition coefficient (Wildman–Crippen LogP) is 13.9. The topological polar surface area (TPSA) is 44.9 Å². The molecule has 0 N–H and O–H groups in total. The number of rotatable bonds is 8. The lowest BCUT2D eigenvalue weighted by Crippen LogP contribution is -2.34. The molecule has 3 aromatic heterocycles. The first kappa shape index (κ1) is 38.6. The molecule has 2 atom stereocenters. The maximum absolute atomic E-state index is 6.88. The molecule has 0 saturated heterocycles. The molecule has 0 saturated carbocycles. The molecule has 1 unspecified atom stereocenters. The molecule has 3 aromatic carbocycles. The number of para-hydroxylation sites is 1. The van der Waals surface area contributed by atoms with Crippen LogP contribution in [0.4, 0.5) is 0 Å². The Hall–Kier alpha value is -4.64. The van der Waals surface area contributed by atoms with E-state index in [1.54, 1.807) is 5.57 Å². The highest BCUT2D eigenvalue weighted by Crippen LogP contribution is 2.53. The zero-order valence-corrected chi connectivity index (χ0v) is 35.5. The predicted molar refractivity (Wildman–Crippen MR) is 231 cm³/mol. The minimum Gasteiger partial charge on any atom is -0.457 e. The Morgan fingerprint density at radius 2 is 1.53 bits per heavy atom. The smallest absolute Gasteiger partial charge is 0.137 e. The second kappa shape index (κ2) is 14.5. The third kappa shape index (κ3) is 7.52. The zero-order chi connectivity index (χ0) is 39.4. The summed E-state index contributed by atoms with van der Waals surface area (Å²) in [6.07, 6.45) is 10.2. The second-order valence-corrected chi connectivity index (χ2v) is 19.2. The molecule has 0 amide bonds. The Bertz CT molecular complexity index is 2380. The summed E-state index contributed by atoms with van der Waals surface area (Å²) in [4.78, 5) is 4.88. The van der Waals surface area contributed by atoms with Gasteiger partial charge in [0.05, 0.1) is 22.4 Å². The van der Waals surface area contributed by atoms with Gasteiger partial charge in [-0.15, -0.1) is 0 Å². The molecule has 5 nitrogen and oxygen atoms in total. The maximum Gasteiger partial charge on any atom is 0.137 e. The second-order valence-electron chi connectivity index (χ2n) is 19.2. The number of ether oxygens (including phenoxy) is 1. The number of aryl methyl sites for hydroxylation is 2. The number of fused-ring (bicyclic) bond motifs is 3. The van der Waals surface area contributed by atoms with Gasteiger partial charge in [-0.2, -0.15) is 5.10 Å². The van der Waals surface area contributed by atoms with E-state index >= 15 is 0 Å². The van der Waals surface area contributed by atoms with Crippen LogP contribution in [0, 0.1) is 30.6 Å². The van der Waals surface area contributed by atoms with Crippen molar-refractivity contribution in [3.05, 3.63) is 119 Å². The molecule has 0 radical (unpaired) electrons. The molecule has 0 aliphatic heterocycles. The zero-order valence-electron chi connectivity index (χ0n) is 35.5. The standard InChI is InChI=1S/C50H62N4O/c1-13-14-18-34-25-26-51-45(27-34)53-43-22-16-15-19-39(43)40-24-23-37(31-44(40)53)55-38-29-35(48(4,5)6)28-36(30-38)54-33(3)46(32(2)52-54)47-41(49(7,8)9)20-17-21-42(47)50(10,11)12/h15-16,19-20,22-31,42,47H,13-14,17-18,21H2,1-12H3/t42-,47?/m0/s1. The van der Waals surface area contributed by atoms with E-state index in [1.807, 2.05) is 6.20 Å². The summed E-state index contributed by atoms with van der Waals surface area (Å²) >= 11 is 0. The van der Waals surface area contributed by atoms with Crippen molar-refractivity contribution in [2.45, 2.75) is 127 Å². The molecular weight excluding hydrogens is 673 g/mol. The van der Waals surface area contributed by atoms with E-state index in [4.69, 9.17) is 14.8 Å². The van der Waals surface area contributed by atoms with Crippen LogP contribution in [0.1, 0.15) is 129 Å². The minimum absolute atomic E-state index is 0.0729. The van der Waals surface area contributed by atoms with E-state index in [9.17, 15) is 0 Å². The quantitative estimate of drug-likeness (QED) is 0.146. The van der Waals surface area contributed by atoms with Crippen molar-refractivity contribution in [1.82, 2.24) is 19.3 Å². The fourth-order valence-corrected chi connectivity index (χ4v) is 9.06. The average molecular weight is 735 g/mol. The fourth-order valence-electron chi connectivity index (χ4n) is 9.06. The van der Waals surface area contributed by atoms with Crippen molar-refractivity contribution >= 4 is 21.8 Å². The molecule has 0 fully saturated rings. The first-order valence-corrected chi connectivity index (χ1v) is 20.5. The number of hydrogen-bond donors (Lipinski definition) is 0. The van der Waals surface area contributed by atoms with Crippen LogP contribution in [0.25, 0.3) is 33.3 Å². The van der Waals surface area contributed by atoms with Crippen LogP contribution in [0.15, 0.2) is 90.6 Å². The maximum atomic E-state index is 6.88. The molecule has 0 bridgehead atoms. The fraction of sp³-hybridized carbons (Fsp3) is 0.440. The normalized spacial score (nSPS) is 16.9. The number of hydrogen-bond acceptors (Lipinski definition) is 3. The van der Waals surface area contributed by atoms with Gasteiger partial charge in [0.25, 0.3) is 0 Å². The molecule has 6 aromatic rings. The van der Waals surface area contributed by atoms with E-state index in [0.29, 0.717) is 11.8 Å². The Kier molecular flexibility index (Phi) is 10.2. The van der Waals surface area contributed by atoms with Crippen molar-refractivity contribution in [1.29, 1.82) is 0 Å². The number of aromatic nitrogens is 4. The lowest BCUT2D eigenvalue weighted by atomic mass is 9.59. The van der Waals surface area contributed by atoms with Gasteiger partial charge in [-0.05, 0) is 115 Å². The van der Waals surface area contributed by atoms with Gasteiger partial charge < -0.3 is 4.74 Å². The first-order valence-electron chi connectivity index (χ1n) is 20.5. The summed E-state index contributed by atoms with van der Waals surface area (Å²) in [5.74, 6) is 3.38. The van der Waals surface area contributed by atoms with E-state index in [1.165, 1.54) is 46.0 Å². The molecular formula is C50H62N4O. The Morgan fingerprint density at radius 3 is 2.24 bits per heavy atom. The van der Waals surface area contributed by atoms with Gasteiger partial charge >= 0.3 is 0 Å². The van der Waals surface area contributed by atoms with Crippen LogP contribution in [-0.2, 0) is 11.8 Å². The SMILES string of the molecule is CCCCc1ccnc(-n2c3ccccc3c3ccc(Oc4cc(-n5nc(C)c(C6C(C(C)(C)C)=CCC[C@@H]6C(C)(C)C)c5C)cc(C(C)(C)C)c4)cc32)c1. The molecule has 1 aliphatic carbocycles. The van der Waals surface area contributed by atoms with Crippen LogP contribution in [0.5, 0.6) is 11.5 Å². The number of allylic oxidation sites excluding steroid dienone is 2. The van der Waals surface area contributed by atoms with Crippen LogP contribution >= 0.6 is 0 Å². The Morgan fingerprint density at radius 1 is 0.782 bits per heavy atom. The molecule has 7 rings (SSSR count). The number of unbranched alkanes of at least 4 members (excludes halogenated alkanes) is 1. The highest BCUT2D eigenvalue weighted by Gasteiger charge is 2.42. The lowest BCUT2D eigenvalue weighted by Gasteiger charge is -2.45. The highest BCUT2D eigenvalue weighted by molar-refractivity contribution is 6.09. The highest BCUT2D eigenvalue weighted by atomic mass is 16.5. The lowest BCUT2D eigenvalue weighted by molar-refractivity contribution is 0.180. The summed E-state index contributed by atoms with van der Waals surface area (Å²) in [6.45, 7) is 27.9. The largest absolute Gasteiger partial charge is 0.457 e. The van der Waals surface area contributed by atoms with Crippen LogP contribution in [0.2, 0.25) is 0 Å². The summed E-state index contributed by atoms with van der Waals surface area (Å²) in [6, 6.07) is 26.1. The summed E-state index contributed by atoms with van der Waals surface area (Å²) in [7, 11) is 0. The molecule has 0 spiro atoms. The van der Waals surface area contributed by atoms with E-state index in [-0.39, 0.29) is 16.2 Å². The summed E-state index contributed by atoms with van der Waals surface area (Å²) < 4.78 is 11.4. The van der Waals surface area contributed by atoms with Crippen molar-refractivity contribution in [3.63, 3.8) is 0 Å². The van der Waals surface area contributed by atoms with Gasteiger partial charge in [0.15, 0.2) is 0 Å². The van der Waals surface area contributed by atoms with Crippen LogP contribution < -0.4 is 4.74 Å². The summed E-state index contributed by atoms with van der Waals surface area (Å²) in [5.41, 5.74) is 11.2.